The van der Waals surface area contributed by atoms with Crippen LogP contribution in [0.25, 0.3) is 0 Å². The molecule has 18 heavy (non-hydrogen) atoms. The van der Waals surface area contributed by atoms with E-state index in [1.165, 1.54) is 19.5 Å². The van der Waals surface area contributed by atoms with Gasteiger partial charge in [0.2, 0.25) is 0 Å². The zero-order valence-corrected chi connectivity index (χ0v) is 11.0. The highest BCUT2D eigenvalue weighted by Crippen LogP contribution is 2.09. The van der Waals surface area contributed by atoms with E-state index in [1.807, 2.05) is 13.8 Å². The first-order valence-electron chi connectivity index (χ1n) is 5.90. The number of aromatic nitrogens is 2. The van der Waals surface area contributed by atoms with Gasteiger partial charge in [-0.25, -0.2) is 14.8 Å². The van der Waals surface area contributed by atoms with Crippen molar-refractivity contribution in [3.8, 4) is 0 Å². The highest BCUT2D eigenvalue weighted by atomic mass is 16.5. The van der Waals surface area contributed by atoms with Gasteiger partial charge in [-0.05, 0) is 20.3 Å². The van der Waals surface area contributed by atoms with Gasteiger partial charge in [-0.3, -0.25) is 0 Å². The second kappa shape index (κ2) is 7.60. The van der Waals surface area contributed by atoms with Crippen LogP contribution in [0.1, 0.15) is 30.8 Å². The fourth-order valence-corrected chi connectivity index (χ4v) is 1.31. The first-order valence-corrected chi connectivity index (χ1v) is 5.90. The Bertz CT molecular complexity index is 383. The Morgan fingerprint density at radius 1 is 1.39 bits per heavy atom. The second-order valence-electron chi connectivity index (χ2n) is 3.95. The summed E-state index contributed by atoms with van der Waals surface area (Å²) in [7, 11) is 1.32. The summed E-state index contributed by atoms with van der Waals surface area (Å²) in [5.41, 5.74) is 0.199. The molecule has 1 heterocycles. The van der Waals surface area contributed by atoms with Crippen molar-refractivity contribution < 1.29 is 14.3 Å². The average Bonchev–Trinajstić information content (AvgIpc) is 2.37. The molecule has 6 nitrogen and oxygen atoms in total. The average molecular weight is 253 g/mol. The van der Waals surface area contributed by atoms with E-state index in [-0.39, 0.29) is 11.8 Å². The van der Waals surface area contributed by atoms with Gasteiger partial charge in [0, 0.05) is 25.5 Å². The van der Waals surface area contributed by atoms with E-state index in [4.69, 9.17) is 4.74 Å². The highest BCUT2D eigenvalue weighted by molar-refractivity contribution is 5.92. The number of methoxy groups -OCH3 is 1. The third-order valence-corrected chi connectivity index (χ3v) is 2.14. The number of carbonyl (C=O) groups is 1. The number of nitrogens with zero attached hydrogens (tertiary/aromatic N) is 2. The standard InChI is InChI=1S/C12H19N3O3/c1-9(2)18-8-4-5-14-11-10(12(16)17-3)13-6-7-15-11/h6-7,9H,4-5,8H2,1-3H3,(H,14,15). The van der Waals surface area contributed by atoms with E-state index in [0.29, 0.717) is 19.0 Å². The second-order valence-corrected chi connectivity index (χ2v) is 3.95. The van der Waals surface area contributed by atoms with E-state index in [2.05, 4.69) is 20.0 Å². The van der Waals surface area contributed by atoms with Crippen LogP contribution in [0.3, 0.4) is 0 Å². The van der Waals surface area contributed by atoms with Crippen LogP contribution in [-0.2, 0) is 9.47 Å². The summed E-state index contributed by atoms with van der Waals surface area (Å²) in [5, 5.41) is 3.05. The molecule has 0 atom stereocenters. The Morgan fingerprint density at radius 3 is 2.78 bits per heavy atom. The molecule has 0 aliphatic rings. The van der Waals surface area contributed by atoms with Crippen molar-refractivity contribution in [2.45, 2.75) is 26.4 Å². The quantitative estimate of drug-likeness (QED) is 0.586. The Labute approximate surface area is 107 Å². The molecule has 0 spiro atoms. The molecule has 0 bridgehead atoms. The van der Waals surface area contributed by atoms with Crippen LogP contribution in [0.5, 0.6) is 0 Å². The number of anilines is 1. The van der Waals surface area contributed by atoms with Crippen LogP contribution in [0.4, 0.5) is 5.82 Å². The fraction of sp³-hybridized carbons (Fsp3) is 0.583. The van der Waals surface area contributed by atoms with Gasteiger partial charge in [0.1, 0.15) is 0 Å². The summed E-state index contributed by atoms with van der Waals surface area (Å²) >= 11 is 0. The van der Waals surface area contributed by atoms with Gasteiger partial charge < -0.3 is 14.8 Å². The van der Waals surface area contributed by atoms with Crippen molar-refractivity contribution in [1.82, 2.24) is 9.97 Å². The van der Waals surface area contributed by atoms with E-state index < -0.39 is 5.97 Å². The van der Waals surface area contributed by atoms with E-state index >= 15 is 0 Å². The molecule has 0 aliphatic heterocycles. The van der Waals surface area contributed by atoms with Gasteiger partial charge in [-0.15, -0.1) is 0 Å². The third-order valence-electron chi connectivity index (χ3n) is 2.14. The smallest absolute Gasteiger partial charge is 0.360 e. The molecule has 0 aliphatic carbocycles. The molecule has 0 amide bonds. The van der Waals surface area contributed by atoms with Gasteiger partial charge in [-0.2, -0.15) is 0 Å². The summed E-state index contributed by atoms with van der Waals surface area (Å²) < 4.78 is 10.0. The number of carbonyl (C=O) groups excluding carboxylic acids is 1. The molecule has 0 fully saturated rings. The number of ether oxygens (including phenoxy) is 2. The minimum absolute atomic E-state index is 0.199. The minimum Gasteiger partial charge on any atom is -0.464 e. The van der Waals surface area contributed by atoms with Crippen LogP contribution < -0.4 is 5.32 Å². The van der Waals surface area contributed by atoms with Crippen LogP contribution in [0, 0.1) is 0 Å². The predicted octanol–water partition coefficient (Wildman–Crippen LogP) is 1.49. The Kier molecular flexibility index (Phi) is 6.07. The molecule has 0 saturated heterocycles. The highest BCUT2D eigenvalue weighted by Gasteiger charge is 2.13. The van der Waals surface area contributed by atoms with Crippen LogP contribution in [0.2, 0.25) is 0 Å². The van der Waals surface area contributed by atoms with Crippen molar-refractivity contribution in [3.05, 3.63) is 18.1 Å². The first-order chi connectivity index (χ1) is 8.65. The van der Waals surface area contributed by atoms with Gasteiger partial charge in [-0.1, -0.05) is 0 Å². The Hall–Kier alpha value is -1.69. The minimum atomic E-state index is -0.496. The Balaban J connectivity index is 2.44. The maximum Gasteiger partial charge on any atom is 0.360 e. The third kappa shape index (κ3) is 4.67. The van der Waals surface area contributed by atoms with Crippen LogP contribution >= 0.6 is 0 Å². The van der Waals surface area contributed by atoms with Crippen molar-refractivity contribution in [1.29, 1.82) is 0 Å². The summed E-state index contributed by atoms with van der Waals surface area (Å²) in [6.45, 7) is 5.31. The van der Waals surface area contributed by atoms with Gasteiger partial charge in [0.15, 0.2) is 11.5 Å². The lowest BCUT2D eigenvalue weighted by Gasteiger charge is -2.10. The van der Waals surface area contributed by atoms with Crippen LogP contribution in [0.15, 0.2) is 12.4 Å². The number of nitrogens with one attached hydrogen (secondary N) is 1. The molecule has 1 aromatic heterocycles. The number of hydrogen-bond donors (Lipinski definition) is 1. The number of hydrogen-bond acceptors (Lipinski definition) is 6. The molecule has 0 aromatic carbocycles. The largest absolute Gasteiger partial charge is 0.464 e. The molecule has 1 N–H and O–H groups in total. The molecular weight excluding hydrogens is 234 g/mol. The van der Waals surface area contributed by atoms with Gasteiger partial charge >= 0.3 is 5.97 Å². The van der Waals surface area contributed by atoms with E-state index in [0.717, 1.165) is 6.42 Å². The molecule has 100 valence electrons. The molecule has 1 aromatic rings. The number of esters is 1. The molecular formula is C12H19N3O3. The maximum atomic E-state index is 11.4. The lowest BCUT2D eigenvalue weighted by molar-refractivity contribution is 0.0595. The maximum absolute atomic E-state index is 11.4. The first kappa shape index (κ1) is 14.4. The van der Waals surface area contributed by atoms with Crippen LogP contribution in [-0.4, -0.2) is 42.3 Å². The van der Waals surface area contributed by atoms with Crippen molar-refractivity contribution in [2.75, 3.05) is 25.6 Å². The summed E-state index contributed by atoms with van der Waals surface area (Å²) in [6, 6.07) is 0. The predicted molar refractivity (Wildman–Crippen MR) is 67.6 cm³/mol. The zero-order chi connectivity index (χ0) is 13.4. The normalized spacial score (nSPS) is 10.4. The summed E-state index contributed by atoms with van der Waals surface area (Å²) in [6.07, 6.45) is 4.04. The summed E-state index contributed by atoms with van der Waals surface area (Å²) in [5.74, 6) is -0.0575. The van der Waals surface area contributed by atoms with Crippen molar-refractivity contribution in [3.63, 3.8) is 0 Å². The van der Waals surface area contributed by atoms with Crippen molar-refractivity contribution in [2.24, 2.45) is 0 Å². The van der Waals surface area contributed by atoms with E-state index in [9.17, 15) is 4.79 Å². The molecule has 0 radical (unpaired) electrons. The topological polar surface area (TPSA) is 73.3 Å². The fourth-order valence-electron chi connectivity index (χ4n) is 1.31. The monoisotopic (exact) mass is 253 g/mol. The Morgan fingerprint density at radius 2 is 2.11 bits per heavy atom. The molecule has 0 saturated carbocycles. The molecule has 1 rings (SSSR count). The SMILES string of the molecule is COC(=O)c1nccnc1NCCCOC(C)C. The molecule has 0 unspecified atom stereocenters. The lowest BCUT2D eigenvalue weighted by Crippen LogP contribution is -2.14. The van der Waals surface area contributed by atoms with Gasteiger partial charge in [0.25, 0.3) is 0 Å². The molecule has 6 heteroatoms. The van der Waals surface area contributed by atoms with Crippen molar-refractivity contribution >= 4 is 11.8 Å². The van der Waals surface area contributed by atoms with Gasteiger partial charge in [0.05, 0.1) is 13.2 Å². The summed E-state index contributed by atoms with van der Waals surface area (Å²) in [4.78, 5) is 19.4. The number of rotatable bonds is 7. The lowest BCUT2D eigenvalue weighted by atomic mass is 10.3. The zero-order valence-electron chi connectivity index (χ0n) is 11.0. The van der Waals surface area contributed by atoms with E-state index in [1.54, 1.807) is 0 Å².